The number of aromatic nitrogens is 2. The fraction of sp³-hybridized carbons (Fsp3) is 0.292. The number of rotatable bonds is 9. The lowest BCUT2D eigenvalue weighted by molar-refractivity contribution is -0.121. The van der Waals surface area contributed by atoms with Crippen LogP contribution in [0.15, 0.2) is 54.6 Å². The highest BCUT2D eigenvalue weighted by molar-refractivity contribution is 7.98. The quantitative estimate of drug-likeness (QED) is 0.520. The number of hydrogen-bond donors (Lipinski definition) is 2. The molecule has 2 amide bonds. The van der Waals surface area contributed by atoms with Gasteiger partial charge in [0, 0.05) is 29.2 Å². The van der Waals surface area contributed by atoms with Crippen LogP contribution in [0.25, 0.3) is 0 Å². The molecule has 0 bridgehead atoms. The molecule has 0 saturated carbocycles. The summed E-state index contributed by atoms with van der Waals surface area (Å²) < 4.78 is 7.04. The summed E-state index contributed by atoms with van der Waals surface area (Å²) in [5.41, 5.74) is 3.61. The molecule has 0 fully saturated rings. The van der Waals surface area contributed by atoms with Crippen LogP contribution in [0.2, 0.25) is 0 Å². The summed E-state index contributed by atoms with van der Waals surface area (Å²) in [7, 11) is 0. The van der Waals surface area contributed by atoms with Gasteiger partial charge in [-0.15, -0.1) is 0 Å². The van der Waals surface area contributed by atoms with Gasteiger partial charge in [-0.25, -0.2) is 4.68 Å². The highest BCUT2D eigenvalue weighted by Gasteiger charge is 2.25. The Bertz CT molecular complexity index is 1080. The summed E-state index contributed by atoms with van der Waals surface area (Å²) in [5.74, 6) is 2.50. The van der Waals surface area contributed by atoms with Gasteiger partial charge in [-0.3, -0.25) is 9.59 Å². The molecule has 32 heavy (non-hydrogen) atoms. The predicted molar refractivity (Wildman–Crippen MR) is 126 cm³/mol. The number of hydrogen-bond acceptors (Lipinski definition) is 5. The first-order chi connectivity index (χ1) is 15.6. The molecule has 0 spiro atoms. The van der Waals surface area contributed by atoms with Gasteiger partial charge in [0.05, 0.1) is 12.3 Å². The zero-order valence-corrected chi connectivity index (χ0v) is 18.8. The van der Waals surface area contributed by atoms with Crippen LogP contribution in [0.1, 0.15) is 34.1 Å². The van der Waals surface area contributed by atoms with E-state index in [1.54, 1.807) is 40.7 Å². The summed E-state index contributed by atoms with van der Waals surface area (Å²) in [5, 5.41) is 10.5. The van der Waals surface area contributed by atoms with Crippen LogP contribution in [0.4, 0.5) is 5.82 Å². The molecule has 0 aliphatic carbocycles. The average Bonchev–Trinajstić information content (AvgIpc) is 3.38. The molecule has 2 aromatic carbocycles. The van der Waals surface area contributed by atoms with E-state index >= 15 is 0 Å². The molecule has 0 unspecified atom stereocenters. The van der Waals surface area contributed by atoms with Crippen LogP contribution in [0.5, 0.6) is 5.75 Å². The van der Waals surface area contributed by atoms with Crippen molar-refractivity contribution < 1.29 is 14.3 Å². The van der Waals surface area contributed by atoms with E-state index < -0.39 is 0 Å². The number of nitrogens with zero attached hydrogens (tertiary/aromatic N) is 2. The van der Waals surface area contributed by atoms with Crippen LogP contribution < -0.4 is 15.4 Å². The van der Waals surface area contributed by atoms with Gasteiger partial charge in [0.15, 0.2) is 0 Å². The molecule has 1 aromatic heterocycles. The highest BCUT2D eigenvalue weighted by atomic mass is 32.2. The van der Waals surface area contributed by atoms with Gasteiger partial charge in [0.2, 0.25) is 5.91 Å². The van der Waals surface area contributed by atoms with Crippen LogP contribution in [0.3, 0.4) is 0 Å². The van der Waals surface area contributed by atoms with Crippen molar-refractivity contribution in [2.75, 3.05) is 18.5 Å². The third-order valence-electron chi connectivity index (χ3n) is 5.15. The Hall–Kier alpha value is -3.26. The van der Waals surface area contributed by atoms with Gasteiger partial charge in [-0.2, -0.15) is 16.9 Å². The van der Waals surface area contributed by atoms with Crippen LogP contribution in [-0.4, -0.2) is 34.7 Å². The standard InChI is InChI=1S/C24H26N4O3S/c1-2-31-19-10-8-18(9-11-19)24(30)26-23-20-15-32-16-21(20)27-28(23)14-22(29)25-13-12-17-6-4-3-5-7-17/h3-11H,2,12-16H2,1H3,(H,25,29)(H,26,30). The van der Waals surface area contributed by atoms with Gasteiger partial charge < -0.3 is 15.4 Å². The first-order valence-corrected chi connectivity index (χ1v) is 11.8. The van der Waals surface area contributed by atoms with Gasteiger partial charge in [0.25, 0.3) is 5.91 Å². The van der Waals surface area contributed by atoms with Crippen molar-refractivity contribution in [3.63, 3.8) is 0 Å². The smallest absolute Gasteiger partial charge is 0.256 e. The zero-order chi connectivity index (χ0) is 22.3. The Morgan fingerprint density at radius 1 is 1.09 bits per heavy atom. The van der Waals surface area contributed by atoms with Crippen LogP contribution in [-0.2, 0) is 29.3 Å². The maximum Gasteiger partial charge on any atom is 0.256 e. The number of anilines is 1. The van der Waals surface area contributed by atoms with E-state index in [9.17, 15) is 9.59 Å². The largest absolute Gasteiger partial charge is 0.494 e. The number of carbonyl (C=O) groups excluding carboxylic acids is 2. The van der Waals surface area contributed by atoms with E-state index in [1.807, 2.05) is 37.3 Å². The zero-order valence-electron chi connectivity index (χ0n) is 18.0. The van der Waals surface area contributed by atoms with Crippen molar-refractivity contribution in [2.45, 2.75) is 31.4 Å². The Morgan fingerprint density at radius 3 is 2.62 bits per heavy atom. The molecule has 3 aromatic rings. The summed E-state index contributed by atoms with van der Waals surface area (Å²) in [6.07, 6.45) is 0.764. The van der Waals surface area contributed by atoms with Gasteiger partial charge in [0.1, 0.15) is 18.1 Å². The van der Waals surface area contributed by atoms with Gasteiger partial charge in [-0.1, -0.05) is 30.3 Å². The van der Waals surface area contributed by atoms with Gasteiger partial charge in [-0.05, 0) is 43.2 Å². The molecular weight excluding hydrogens is 424 g/mol. The van der Waals surface area contributed by atoms with Crippen molar-refractivity contribution in [3.05, 3.63) is 77.0 Å². The number of ether oxygens (including phenoxy) is 1. The molecule has 7 nitrogen and oxygen atoms in total. The topological polar surface area (TPSA) is 85.2 Å². The molecule has 4 rings (SSSR count). The molecule has 0 radical (unpaired) electrons. The maximum atomic E-state index is 12.8. The predicted octanol–water partition coefficient (Wildman–Crippen LogP) is 3.64. The van der Waals surface area contributed by atoms with E-state index in [2.05, 4.69) is 15.7 Å². The molecule has 2 N–H and O–H groups in total. The Morgan fingerprint density at radius 2 is 1.88 bits per heavy atom. The summed E-state index contributed by atoms with van der Waals surface area (Å²) >= 11 is 1.75. The highest BCUT2D eigenvalue weighted by Crippen LogP contribution is 2.34. The van der Waals surface area contributed by atoms with Crippen LogP contribution >= 0.6 is 11.8 Å². The number of fused-ring (bicyclic) bond motifs is 1. The molecule has 0 saturated heterocycles. The third kappa shape index (κ3) is 5.31. The minimum absolute atomic E-state index is 0.0609. The molecular formula is C24H26N4O3S. The second kappa shape index (κ2) is 10.4. The first kappa shape index (κ1) is 22.0. The van der Waals surface area contributed by atoms with E-state index in [0.29, 0.717) is 24.5 Å². The second-order valence-corrected chi connectivity index (χ2v) is 8.41. The number of benzene rings is 2. The number of thioether (sulfide) groups is 1. The molecule has 2 heterocycles. The monoisotopic (exact) mass is 450 g/mol. The number of amides is 2. The maximum absolute atomic E-state index is 12.8. The normalized spacial score (nSPS) is 12.3. The van der Waals surface area contributed by atoms with Crippen molar-refractivity contribution in [1.82, 2.24) is 15.1 Å². The molecule has 1 aliphatic heterocycles. The fourth-order valence-electron chi connectivity index (χ4n) is 3.55. The minimum Gasteiger partial charge on any atom is -0.494 e. The van der Waals surface area contributed by atoms with Crippen molar-refractivity contribution in [1.29, 1.82) is 0 Å². The van der Waals surface area contributed by atoms with Gasteiger partial charge >= 0.3 is 0 Å². The van der Waals surface area contributed by atoms with E-state index in [-0.39, 0.29) is 18.4 Å². The average molecular weight is 451 g/mol. The Kier molecular flexibility index (Phi) is 7.11. The Labute approximate surface area is 191 Å². The molecule has 1 aliphatic rings. The van der Waals surface area contributed by atoms with Crippen molar-refractivity contribution in [3.8, 4) is 5.75 Å². The SMILES string of the molecule is CCOc1ccc(C(=O)Nc2c3c(nn2CC(=O)NCCc2ccccc2)CSC3)cc1. The number of nitrogens with one attached hydrogen (secondary N) is 2. The summed E-state index contributed by atoms with van der Waals surface area (Å²) in [4.78, 5) is 25.4. The second-order valence-electron chi connectivity index (χ2n) is 7.42. The van der Waals surface area contributed by atoms with E-state index in [4.69, 9.17) is 4.74 Å². The fourth-order valence-corrected chi connectivity index (χ4v) is 4.59. The summed E-state index contributed by atoms with van der Waals surface area (Å²) in [6, 6.07) is 17.0. The van der Waals surface area contributed by atoms with Crippen LogP contribution in [0, 0.1) is 0 Å². The minimum atomic E-state index is -0.238. The number of carbonyl (C=O) groups is 2. The molecule has 166 valence electrons. The lowest BCUT2D eigenvalue weighted by atomic mass is 10.1. The van der Waals surface area contributed by atoms with E-state index in [0.717, 1.165) is 34.9 Å². The van der Waals surface area contributed by atoms with E-state index in [1.165, 1.54) is 5.56 Å². The van der Waals surface area contributed by atoms with Crippen molar-refractivity contribution in [2.24, 2.45) is 0 Å². The lowest BCUT2D eigenvalue weighted by Crippen LogP contribution is -2.30. The summed E-state index contributed by atoms with van der Waals surface area (Å²) in [6.45, 7) is 3.10. The lowest BCUT2D eigenvalue weighted by Gasteiger charge is -2.12. The molecule has 8 heteroatoms. The molecule has 0 atom stereocenters. The Balaban J connectivity index is 1.41. The van der Waals surface area contributed by atoms with Crippen molar-refractivity contribution >= 4 is 29.4 Å². The third-order valence-corrected chi connectivity index (χ3v) is 6.12. The first-order valence-electron chi connectivity index (χ1n) is 10.6.